The fourth-order valence-corrected chi connectivity index (χ4v) is 2.41. The molecule has 1 atom stereocenters. The quantitative estimate of drug-likeness (QED) is 0.803. The Bertz CT molecular complexity index is 554. The van der Waals surface area contributed by atoms with Crippen LogP contribution < -0.4 is 10.2 Å². The maximum Gasteiger partial charge on any atom is 0.331 e. The van der Waals surface area contributed by atoms with E-state index in [9.17, 15) is 14.7 Å². The van der Waals surface area contributed by atoms with Crippen LogP contribution in [0.2, 0.25) is 0 Å². The Labute approximate surface area is 135 Å². The molecule has 1 aromatic rings. The smallest absolute Gasteiger partial charge is 0.331 e. The van der Waals surface area contributed by atoms with Crippen molar-refractivity contribution in [1.82, 2.24) is 5.32 Å². The van der Waals surface area contributed by atoms with Crippen LogP contribution in [-0.4, -0.2) is 62.5 Å². The molecular formula is C16H22N2O5. The highest BCUT2D eigenvalue weighted by molar-refractivity contribution is 5.98. The van der Waals surface area contributed by atoms with Crippen molar-refractivity contribution in [2.24, 2.45) is 0 Å². The van der Waals surface area contributed by atoms with Crippen molar-refractivity contribution in [1.29, 1.82) is 0 Å². The van der Waals surface area contributed by atoms with E-state index in [0.29, 0.717) is 18.8 Å². The highest BCUT2D eigenvalue weighted by Gasteiger charge is 2.35. The number of nitrogens with one attached hydrogen (secondary N) is 1. The van der Waals surface area contributed by atoms with Gasteiger partial charge in [0.25, 0.3) is 5.91 Å². The molecule has 0 bridgehead atoms. The molecule has 1 aliphatic heterocycles. The fraction of sp³-hybridized carbons (Fsp3) is 0.500. The Morgan fingerprint density at radius 3 is 2.43 bits per heavy atom. The summed E-state index contributed by atoms with van der Waals surface area (Å²) >= 11 is 0. The lowest BCUT2D eigenvalue weighted by molar-refractivity contribution is -0.145. The van der Waals surface area contributed by atoms with Crippen LogP contribution in [0.4, 0.5) is 5.69 Å². The lowest BCUT2D eigenvalue weighted by atomic mass is 10.0. The average molecular weight is 322 g/mol. The lowest BCUT2D eigenvalue weighted by Crippen LogP contribution is -2.55. The summed E-state index contributed by atoms with van der Waals surface area (Å²) in [6, 6.07) is 7.09. The van der Waals surface area contributed by atoms with Crippen molar-refractivity contribution in [2.75, 3.05) is 44.9 Å². The second-order valence-corrected chi connectivity index (χ2v) is 5.67. The summed E-state index contributed by atoms with van der Waals surface area (Å²) in [6.45, 7) is 4.32. The van der Waals surface area contributed by atoms with Gasteiger partial charge >= 0.3 is 5.97 Å². The number of benzene rings is 1. The van der Waals surface area contributed by atoms with Crippen molar-refractivity contribution in [3.63, 3.8) is 0 Å². The van der Waals surface area contributed by atoms with Crippen molar-refractivity contribution in [3.8, 4) is 0 Å². The maximum atomic E-state index is 12.3. The molecule has 126 valence electrons. The first-order valence-electron chi connectivity index (χ1n) is 7.44. The molecule has 23 heavy (non-hydrogen) atoms. The number of rotatable bonds is 6. The summed E-state index contributed by atoms with van der Waals surface area (Å²) in [6.07, 6.45) is 0. The third-order valence-electron chi connectivity index (χ3n) is 3.80. The van der Waals surface area contributed by atoms with E-state index < -0.39 is 17.4 Å². The number of carboxylic acid groups (broad SMARTS) is 1. The third kappa shape index (κ3) is 4.20. The van der Waals surface area contributed by atoms with Gasteiger partial charge in [-0.15, -0.1) is 0 Å². The van der Waals surface area contributed by atoms with Gasteiger partial charge in [-0.2, -0.15) is 0 Å². The Kier molecular flexibility index (Phi) is 5.57. The number of amides is 1. The number of nitrogens with zero attached hydrogens (tertiary/aromatic N) is 1. The van der Waals surface area contributed by atoms with Crippen LogP contribution in [0.3, 0.4) is 0 Å². The second kappa shape index (κ2) is 7.43. The normalized spacial score (nSPS) is 17.4. The predicted molar refractivity (Wildman–Crippen MR) is 84.9 cm³/mol. The highest BCUT2D eigenvalue weighted by Crippen LogP contribution is 2.17. The van der Waals surface area contributed by atoms with Gasteiger partial charge < -0.3 is 24.8 Å². The van der Waals surface area contributed by atoms with E-state index >= 15 is 0 Å². The summed E-state index contributed by atoms with van der Waals surface area (Å²) < 4.78 is 10.2. The minimum Gasteiger partial charge on any atom is -0.479 e. The number of methoxy groups -OCH3 is 1. The molecule has 0 radical (unpaired) electrons. The summed E-state index contributed by atoms with van der Waals surface area (Å²) in [5, 5.41) is 11.8. The molecule has 7 nitrogen and oxygen atoms in total. The van der Waals surface area contributed by atoms with E-state index in [1.165, 1.54) is 14.0 Å². The Morgan fingerprint density at radius 1 is 1.30 bits per heavy atom. The number of hydrogen-bond donors (Lipinski definition) is 2. The van der Waals surface area contributed by atoms with Crippen molar-refractivity contribution in [2.45, 2.75) is 12.5 Å². The van der Waals surface area contributed by atoms with Crippen LogP contribution in [0.15, 0.2) is 24.3 Å². The summed E-state index contributed by atoms with van der Waals surface area (Å²) in [5.41, 5.74) is -0.0392. The zero-order valence-corrected chi connectivity index (χ0v) is 13.4. The zero-order valence-electron chi connectivity index (χ0n) is 13.4. The molecule has 0 aliphatic carbocycles. The van der Waals surface area contributed by atoms with E-state index in [1.54, 1.807) is 12.1 Å². The van der Waals surface area contributed by atoms with E-state index in [4.69, 9.17) is 9.47 Å². The van der Waals surface area contributed by atoms with Crippen molar-refractivity contribution in [3.05, 3.63) is 29.8 Å². The Hall–Kier alpha value is -2.12. The van der Waals surface area contributed by atoms with Crippen LogP contribution in [0.25, 0.3) is 0 Å². The van der Waals surface area contributed by atoms with Crippen molar-refractivity contribution >= 4 is 17.6 Å². The van der Waals surface area contributed by atoms with E-state index in [2.05, 4.69) is 10.2 Å². The standard InChI is InChI=1S/C16H22N2O5/c1-16(11-22-2,15(20)21)17-14(19)12-3-5-13(6-4-12)18-7-9-23-10-8-18/h3-6H,7-11H2,1-2H3,(H,17,19)(H,20,21). The average Bonchev–Trinajstić information content (AvgIpc) is 2.56. The van der Waals surface area contributed by atoms with Gasteiger partial charge in [0.15, 0.2) is 5.54 Å². The molecule has 0 saturated carbocycles. The van der Waals surface area contributed by atoms with Gasteiger partial charge in [0.2, 0.25) is 0 Å². The zero-order chi connectivity index (χ0) is 16.9. The molecule has 1 fully saturated rings. The minimum absolute atomic E-state index is 0.111. The molecule has 2 rings (SSSR count). The fourth-order valence-electron chi connectivity index (χ4n) is 2.41. The van der Waals surface area contributed by atoms with Crippen LogP contribution in [0, 0.1) is 0 Å². The second-order valence-electron chi connectivity index (χ2n) is 5.67. The van der Waals surface area contributed by atoms with Crippen molar-refractivity contribution < 1.29 is 24.2 Å². The molecule has 1 unspecified atom stereocenters. The summed E-state index contributed by atoms with van der Waals surface area (Å²) in [7, 11) is 1.39. The molecule has 1 aliphatic rings. The third-order valence-corrected chi connectivity index (χ3v) is 3.80. The largest absolute Gasteiger partial charge is 0.479 e. The number of carboxylic acids is 1. The molecule has 0 spiro atoms. The SMILES string of the molecule is COCC(C)(NC(=O)c1ccc(N2CCOCC2)cc1)C(=O)O. The number of morpholine rings is 1. The van der Waals surface area contributed by atoms with E-state index in [-0.39, 0.29) is 6.61 Å². The van der Waals surface area contributed by atoms with Crippen LogP contribution in [-0.2, 0) is 14.3 Å². The summed E-state index contributed by atoms with van der Waals surface area (Å²) in [5.74, 6) is -1.59. The first-order chi connectivity index (χ1) is 11.0. The van der Waals surface area contributed by atoms with Gasteiger partial charge in [0.1, 0.15) is 0 Å². The molecular weight excluding hydrogens is 300 g/mol. The number of hydrogen-bond acceptors (Lipinski definition) is 5. The Morgan fingerprint density at radius 2 is 1.91 bits per heavy atom. The molecule has 1 saturated heterocycles. The van der Waals surface area contributed by atoms with Gasteiger partial charge in [-0.25, -0.2) is 4.79 Å². The highest BCUT2D eigenvalue weighted by atomic mass is 16.5. The molecule has 0 aromatic heterocycles. The van der Waals surface area contributed by atoms with E-state index in [0.717, 1.165) is 18.8 Å². The molecule has 7 heteroatoms. The molecule has 2 N–H and O–H groups in total. The first-order valence-corrected chi connectivity index (χ1v) is 7.44. The number of carbonyl (C=O) groups excluding carboxylic acids is 1. The maximum absolute atomic E-state index is 12.3. The molecule has 1 amide bonds. The van der Waals surface area contributed by atoms with Crippen LogP contribution in [0.1, 0.15) is 17.3 Å². The minimum atomic E-state index is -1.46. The topological polar surface area (TPSA) is 88.1 Å². The van der Waals surface area contributed by atoms with Gasteiger partial charge in [0, 0.05) is 31.5 Å². The van der Waals surface area contributed by atoms with Gasteiger partial charge in [0.05, 0.1) is 19.8 Å². The summed E-state index contributed by atoms with van der Waals surface area (Å²) in [4.78, 5) is 25.8. The molecule has 1 aromatic carbocycles. The van der Waals surface area contributed by atoms with Crippen LogP contribution >= 0.6 is 0 Å². The lowest BCUT2D eigenvalue weighted by Gasteiger charge is -2.29. The first kappa shape index (κ1) is 17.2. The van der Waals surface area contributed by atoms with Crippen LogP contribution in [0.5, 0.6) is 0 Å². The van der Waals surface area contributed by atoms with Gasteiger partial charge in [-0.05, 0) is 31.2 Å². The predicted octanol–water partition coefficient (Wildman–Crippen LogP) is 0.743. The number of aliphatic carboxylic acids is 1. The van der Waals surface area contributed by atoms with E-state index in [1.807, 2.05) is 12.1 Å². The molecule has 1 heterocycles. The van der Waals surface area contributed by atoms with Gasteiger partial charge in [-0.1, -0.05) is 0 Å². The number of ether oxygens (including phenoxy) is 2. The Balaban J connectivity index is 2.06. The number of anilines is 1. The number of carbonyl (C=O) groups is 2. The van der Waals surface area contributed by atoms with Gasteiger partial charge in [-0.3, -0.25) is 4.79 Å². The monoisotopic (exact) mass is 322 g/mol.